The first-order valence-electron chi connectivity index (χ1n) is 11.4. The van der Waals surface area contributed by atoms with E-state index in [-0.39, 0.29) is 23.9 Å². The number of nitrogens with one attached hydrogen (secondary N) is 1. The first-order chi connectivity index (χ1) is 16.5. The fourth-order valence-corrected chi connectivity index (χ4v) is 4.88. The van der Waals surface area contributed by atoms with Crippen molar-refractivity contribution in [1.82, 2.24) is 4.90 Å². The van der Waals surface area contributed by atoms with Gasteiger partial charge in [-0.25, -0.2) is 0 Å². The molecule has 0 unspecified atom stereocenters. The molecule has 0 aliphatic carbocycles. The third kappa shape index (κ3) is 6.60. The molecule has 0 aromatic heterocycles. The van der Waals surface area contributed by atoms with Crippen LogP contribution in [0.5, 0.6) is 0 Å². The summed E-state index contributed by atoms with van der Waals surface area (Å²) in [5.74, 6) is -0.388. The third-order valence-corrected chi connectivity index (χ3v) is 7.10. The summed E-state index contributed by atoms with van der Waals surface area (Å²) in [6.07, 6.45) is 1.70. The normalized spacial score (nSPS) is 13.6. The zero-order valence-corrected chi connectivity index (χ0v) is 21.5. The highest BCUT2D eigenvalue weighted by atomic mass is 35.5. The Morgan fingerprint density at radius 2 is 1.63 bits per heavy atom. The molecular weight excluding hydrogens is 476 g/mol. The Labute approximate surface area is 217 Å². The number of carbonyl (C=O) groups is 1. The number of rotatable bonds is 6. The van der Waals surface area contributed by atoms with Gasteiger partial charge < -0.3 is 15.1 Å². The van der Waals surface area contributed by atoms with Crippen molar-refractivity contribution < 1.29 is 4.79 Å². The highest BCUT2D eigenvalue weighted by Gasteiger charge is 2.19. The first kappa shape index (κ1) is 26.2. The van der Waals surface area contributed by atoms with Gasteiger partial charge in [0.15, 0.2) is 0 Å². The van der Waals surface area contributed by atoms with Crippen LogP contribution < -0.4 is 10.2 Å². The van der Waals surface area contributed by atoms with Crippen LogP contribution in [0.3, 0.4) is 0 Å². The second-order valence-electron chi connectivity index (χ2n) is 8.26. The summed E-state index contributed by atoms with van der Waals surface area (Å²) in [5, 5.41) is 12.6. The van der Waals surface area contributed by atoms with Gasteiger partial charge in [0, 0.05) is 47.9 Å². The number of hydrogen-bond acceptors (Lipinski definition) is 5. The molecule has 1 aliphatic heterocycles. The van der Waals surface area contributed by atoms with Crippen molar-refractivity contribution in [2.45, 2.75) is 23.6 Å². The summed E-state index contributed by atoms with van der Waals surface area (Å²) in [6.45, 7) is 7.49. The van der Waals surface area contributed by atoms with Crippen LogP contribution in [0.15, 0.2) is 94.4 Å². The number of halogens is 1. The minimum Gasteiger partial charge on any atom is -0.373 e. The molecular formula is C28H29ClN4OS. The lowest BCUT2D eigenvalue weighted by Gasteiger charge is -2.36. The van der Waals surface area contributed by atoms with Crippen molar-refractivity contribution >= 4 is 41.5 Å². The Hall–Kier alpha value is -3.40. The molecule has 0 atom stereocenters. The standard InChI is InChI=1S/C28H28N4OS.ClH/c1-21-9-8-13-26(22(21)2)32-17-15-31(16-18-32)20-23(19-29)28(33)30-25-12-6-7-14-27(25)34-24-10-4-3-5-11-24;/h3-14,20H,15-18H2,1-2H3,(H,30,33);1H/b23-20-;. The molecule has 1 aliphatic rings. The number of anilines is 2. The van der Waals surface area contributed by atoms with Crippen LogP contribution in [0, 0.1) is 25.2 Å². The lowest BCUT2D eigenvalue weighted by atomic mass is 10.1. The quantitative estimate of drug-likeness (QED) is 0.327. The average molecular weight is 505 g/mol. The molecule has 7 heteroatoms. The van der Waals surface area contributed by atoms with Crippen molar-refractivity contribution in [3.8, 4) is 6.07 Å². The van der Waals surface area contributed by atoms with E-state index in [2.05, 4.69) is 53.2 Å². The monoisotopic (exact) mass is 504 g/mol. The summed E-state index contributed by atoms with van der Waals surface area (Å²) in [6, 6.07) is 26.1. The van der Waals surface area contributed by atoms with Crippen molar-refractivity contribution in [3.05, 3.63) is 95.7 Å². The molecule has 1 amide bonds. The van der Waals surface area contributed by atoms with Gasteiger partial charge in [0.05, 0.1) is 5.69 Å². The Morgan fingerprint density at radius 3 is 2.34 bits per heavy atom. The molecule has 3 aromatic carbocycles. The number of hydrogen-bond donors (Lipinski definition) is 1. The minimum atomic E-state index is -0.388. The van der Waals surface area contributed by atoms with Crippen LogP contribution in [-0.4, -0.2) is 37.0 Å². The fourth-order valence-electron chi connectivity index (χ4n) is 3.96. The Bertz CT molecular complexity index is 1230. The van der Waals surface area contributed by atoms with E-state index in [4.69, 9.17) is 0 Å². The Morgan fingerprint density at radius 1 is 0.943 bits per heavy atom. The lowest BCUT2D eigenvalue weighted by molar-refractivity contribution is -0.112. The highest BCUT2D eigenvalue weighted by molar-refractivity contribution is 7.99. The van der Waals surface area contributed by atoms with Gasteiger partial charge in [-0.3, -0.25) is 4.79 Å². The smallest absolute Gasteiger partial charge is 0.267 e. The number of para-hydroxylation sites is 1. The van der Waals surface area contributed by atoms with Gasteiger partial charge in [-0.05, 0) is 55.3 Å². The molecule has 5 nitrogen and oxygen atoms in total. The Kier molecular flexibility index (Phi) is 9.25. The topological polar surface area (TPSA) is 59.4 Å². The number of piperazine rings is 1. The second-order valence-corrected chi connectivity index (χ2v) is 9.38. The van der Waals surface area contributed by atoms with E-state index in [1.165, 1.54) is 16.8 Å². The van der Waals surface area contributed by atoms with Crippen LogP contribution in [0.2, 0.25) is 0 Å². The van der Waals surface area contributed by atoms with Crippen molar-refractivity contribution in [1.29, 1.82) is 5.26 Å². The maximum atomic E-state index is 12.9. The molecule has 180 valence electrons. The van der Waals surface area contributed by atoms with Gasteiger partial charge in [0.25, 0.3) is 5.91 Å². The molecule has 0 saturated carbocycles. The van der Waals surface area contributed by atoms with Crippen LogP contribution in [0.25, 0.3) is 0 Å². The summed E-state index contributed by atoms with van der Waals surface area (Å²) >= 11 is 1.58. The maximum Gasteiger partial charge on any atom is 0.267 e. The second kappa shape index (κ2) is 12.3. The van der Waals surface area contributed by atoms with Gasteiger partial charge >= 0.3 is 0 Å². The molecule has 0 spiro atoms. The molecule has 1 saturated heterocycles. The van der Waals surface area contributed by atoms with Crippen LogP contribution >= 0.6 is 24.2 Å². The average Bonchev–Trinajstić information content (AvgIpc) is 2.86. The van der Waals surface area contributed by atoms with Gasteiger partial charge in [-0.15, -0.1) is 12.4 Å². The number of aryl methyl sites for hydroxylation is 1. The van der Waals surface area contributed by atoms with E-state index in [1.54, 1.807) is 18.0 Å². The van der Waals surface area contributed by atoms with Gasteiger partial charge in [-0.1, -0.05) is 54.2 Å². The highest BCUT2D eigenvalue weighted by Crippen LogP contribution is 2.33. The van der Waals surface area contributed by atoms with Crippen LogP contribution in [-0.2, 0) is 4.79 Å². The molecule has 1 N–H and O–H groups in total. The summed E-state index contributed by atoms with van der Waals surface area (Å²) < 4.78 is 0. The molecule has 1 heterocycles. The number of nitrogens with zero attached hydrogens (tertiary/aromatic N) is 3. The van der Waals surface area contributed by atoms with E-state index in [9.17, 15) is 10.1 Å². The minimum absolute atomic E-state index is 0. The molecule has 0 radical (unpaired) electrons. The molecule has 3 aromatic rings. The number of nitriles is 1. The number of carbonyl (C=O) groups excluding carboxylic acids is 1. The summed E-state index contributed by atoms with van der Waals surface area (Å²) in [5.41, 5.74) is 4.65. The largest absolute Gasteiger partial charge is 0.373 e. The maximum absolute atomic E-state index is 12.9. The Balaban J connectivity index is 0.00000342. The van der Waals surface area contributed by atoms with E-state index >= 15 is 0 Å². The van der Waals surface area contributed by atoms with Gasteiger partial charge in [0.2, 0.25) is 0 Å². The number of amides is 1. The van der Waals surface area contributed by atoms with E-state index in [1.807, 2.05) is 54.6 Å². The van der Waals surface area contributed by atoms with Gasteiger partial charge in [0.1, 0.15) is 11.6 Å². The SMILES string of the molecule is Cc1cccc(N2CCN(/C=C(/C#N)C(=O)Nc3ccccc3Sc3ccccc3)CC2)c1C.Cl. The van der Waals surface area contributed by atoms with Crippen molar-refractivity contribution in [2.24, 2.45) is 0 Å². The number of benzene rings is 3. The van der Waals surface area contributed by atoms with Crippen molar-refractivity contribution in [3.63, 3.8) is 0 Å². The summed E-state index contributed by atoms with van der Waals surface area (Å²) in [7, 11) is 0. The zero-order chi connectivity index (χ0) is 23.9. The molecule has 1 fully saturated rings. The predicted octanol–water partition coefficient (Wildman–Crippen LogP) is 6.04. The first-order valence-corrected chi connectivity index (χ1v) is 12.2. The van der Waals surface area contributed by atoms with Crippen molar-refractivity contribution in [2.75, 3.05) is 36.4 Å². The fraction of sp³-hybridized carbons (Fsp3) is 0.214. The zero-order valence-electron chi connectivity index (χ0n) is 19.9. The van der Waals surface area contributed by atoms with Crippen LogP contribution in [0.4, 0.5) is 11.4 Å². The van der Waals surface area contributed by atoms with E-state index in [0.717, 1.165) is 36.0 Å². The van der Waals surface area contributed by atoms with Crippen LogP contribution in [0.1, 0.15) is 11.1 Å². The van der Waals surface area contributed by atoms with E-state index < -0.39 is 0 Å². The lowest BCUT2D eigenvalue weighted by Crippen LogP contribution is -2.44. The molecule has 0 bridgehead atoms. The predicted molar refractivity (Wildman–Crippen MR) is 146 cm³/mol. The third-order valence-electron chi connectivity index (χ3n) is 6.01. The summed E-state index contributed by atoms with van der Waals surface area (Å²) in [4.78, 5) is 19.4. The van der Waals surface area contributed by atoms with E-state index in [0.29, 0.717) is 5.69 Å². The van der Waals surface area contributed by atoms with Gasteiger partial charge in [-0.2, -0.15) is 5.26 Å². The molecule has 4 rings (SSSR count). The molecule has 35 heavy (non-hydrogen) atoms.